The maximum absolute atomic E-state index is 4.28. The molecule has 0 radical (unpaired) electrons. The average molecular weight is 253 g/mol. The maximum atomic E-state index is 4.28. The Hall–Kier alpha value is -0.830. The molecule has 0 amide bonds. The molecule has 1 aromatic carbocycles. The monoisotopic (exact) mass is 252 g/mol. The molecular weight excluding hydrogens is 240 g/mol. The fraction of sp³-hybridized carbons (Fsp3) is 0.364. The molecule has 2 rings (SSSR count). The lowest BCUT2D eigenvalue weighted by molar-refractivity contribution is 0.531. The van der Waals surface area contributed by atoms with E-state index in [-0.39, 0.29) is 0 Å². The summed E-state index contributed by atoms with van der Waals surface area (Å²) in [5.41, 5.74) is 5.66. The summed E-state index contributed by atoms with van der Waals surface area (Å²) in [7, 11) is 0. The van der Waals surface area contributed by atoms with Gasteiger partial charge in [-0.2, -0.15) is 5.10 Å². The minimum Gasteiger partial charge on any atom is -0.302 e. The van der Waals surface area contributed by atoms with Crippen LogP contribution in [0, 0.1) is 5.92 Å². The van der Waals surface area contributed by atoms with Crippen molar-refractivity contribution < 1.29 is 0 Å². The second kappa shape index (κ2) is 4.13. The Balaban J connectivity index is 2.22. The highest BCUT2D eigenvalue weighted by molar-refractivity contribution is 9.09. The van der Waals surface area contributed by atoms with Crippen LogP contribution in [0.3, 0.4) is 0 Å². The molecule has 1 N–H and O–H groups in total. The zero-order valence-corrected chi connectivity index (χ0v) is 9.66. The van der Waals surface area contributed by atoms with Crippen molar-refractivity contribution >= 4 is 21.6 Å². The van der Waals surface area contributed by atoms with E-state index in [4.69, 9.17) is 0 Å². The van der Waals surface area contributed by atoms with Crippen LogP contribution >= 0.6 is 15.9 Å². The molecule has 0 saturated carbocycles. The van der Waals surface area contributed by atoms with Crippen molar-refractivity contribution in [2.45, 2.75) is 13.0 Å². The summed E-state index contributed by atoms with van der Waals surface area (Å²) in [6, 6.07) is 10.8. The van der Waals surface area contributed by atoms with Gasteiger partial charge in [-0.1, -0.05) is 46.3 Å². The smallest absolute Gasteiger partial charge is 0.0778 e. The van der Waals surface area contributed by atoms with E-state index in [9.17, 15) is 0 Å². The van der Waals surface area contributed by atoms with Crippen molar-refractivity contribution in [2.75, 3.05) is 5.33 Å². The summed E-state index contributed by atoms with van der Waals surface area (Å²) in [6.45, 7) is 2.07. The first kappa shape index (κ1) is 9.71. The van der Waals surface area contributed by atoms with E-state index >= 15 is 0 Å². The molecule has 2 nitrogen and oxygen atoms in total. The fourth-order valence-electron chi connectivity index (χ4n) is 1.75. The number of nitrogens with one attached hydrogen (secondary N) is 1. The third kappa shape index (κ3) is 1.69. The van der Waals surface area contributed by atoms with E-state index in [0.29, 0.717) is 12.0 Å². The molecule has 2 unspecified atom stereocenters. The second-order valence-corrected chi connectivity index (χ2v) is 4.18. The van der Waals surface area contributed by atoms with Crippen molar-refractivity contribution in [1.82, 2.24) is 5.43 Å². The lowest BCUT2D eigenvalue weighted by Crippen LogP contribution is -2.21. The maximum Gasteiger partial charge on any atom is 0.0778 e. The minimum atomic E-state index is 0.329. The molecule has 0 aliphatic carbocycles. The van der Waals surface area contributed by atoms with Gasteiger partial charge in [-0.25, -0.2) is 0 Å². The molecule has 2 atom stereocenters. The van der Waals surface area contributed by atoms with E-state index in [2.05, 4.69) is 57.6 Å². The number of hydrogen-bond donors (Lipinski definition) is 1. The Labute approximate surface area is 92.5 Å². The Kier molecular flexibility index (Phi) is 2.87. The summed E-state index contributed by atoms with van der Waals surface area (Å²) in [4.78, 5) is 0. The van der Waals surface area contributed by atoms with Crippen LogP contribution in [0.4, 0.5) is 0 Å². The molecule has 1 aliphatic rings. The third-order valence-corrected chi connectivity index (χ3v) is 3.34. The summed E-state index contributed by atoms with van der Waals surface area (Å²) < 4.78 is 0. The first-order chi connectivity index (χ1) is 6.83. The molecule has 0 spiro atoms. The van der Waals surface area contributed by atoms with Crippen LogP contribution in [-0.2, 0) is 0 Å². The number of hydrazone groups is 1. The summed E-state index contributed by atoms with van der Waals surface area (Å²) >= 11 is 3.53. The summed E-state index contributed by atoms with van der Waals surface area (Å²) in [5.74, 6) is 0.470. The number of hydrogen-bond acceptors (Lipinski definition) is 2. The number of rotatable bonds is 2. The van der Waals surface area contributed by atoms with Gasteiger partial charge in [0.05, 0.1) is 6.04 Å². The highest BCUT2D eigenvalue weighted by Crippen LogP contribution is 2.28. The average Bonchev–Trinajstić information content (AvgIpc) is 2.61. The first-order valence-corrected chi connectivity index (χ1v) is 5.85. The van der Waals surface area contributed by atoms with Gasteiger partial charge in [0.25, 0.3) is 0 Å². The van der Waals surface area contributed by atoms with E-state index in [1.54, 1.807) is 0 Å². The molecular formula is C11H13BrN2. The standard InChI is InChI=1S/C11H13BrN2/c1-8-10(7-12)11(14-13-8)9-5-3-2-4-6-9/h2-6,10-11,14H,7H2,1H3. The Morgan fingerprint density at radius 2 is 2.07 bits per heavy atom. The van der Waals surface area contributed by atoms with E-state index in [0.717, 1.165) is 5.33 Å². The van der Waals surface area contributed by atoms with E-state index < -0.39 is 0 Å². The zero-order chi connectivity index (χ0) is 9.97. The zero-order valence-electron chi connectivity index (χ0n) is 8.07. The van der Waals surface area contributed by atoms with Crippen molar-refractivity contribution in [2.24, 2.45) is 11.0 Å². The van der Waals surface area contributed by atoms with Gasteiger partial charge in [0.1, 0.15) is 0 Å². The van der Waals surface area contributed by atoms with Crippen molar-refractivity contribution in [3.8, 4) is 0 Å². The van der Waals surface area contributed by atoms with Crippen LogP contribution in [0.5, 0.6) is 0 Å². The van der Waals surface area contributed by atoms with Crippen LogP contribution < -0.4 is 5.43 Å². The molecule has 0 saturated heterocycles. The molecule has 1 aliphatic heterocycles. The summed E-state index contributed by atoms with van der Waals surface area (Å²) in [6.07, 6.45) is 0. The van der Waals surface area contributed by atoms with Crippen molar-refractivity contribution in [3.05, 3.63) is 35.9 Å². The van der Waals surface area contributed by atoms with Crippen molar-refractivity contribution in [1.29, 1.82) is 0 Å². The quantitative estimate of drug-likeness (QED) is 0.805. The lowest BCUT2D eigenvalue weighted by atomic mass is 9.93. The molecule has 1 heterocycles. The molecule has 3 heteroatoms. The van der Waals surface area contributed by atoms with Crippen molar-refractivity contribution in [3.63, 3.8) is 0 Å². The molecule has 14 heavy (non-hydrogen) atoms. The predicted octanol–water partition coefficient (Wildman–Crippen LogP) is 2.72. The van der Waals surface area contributed by atoms with E-state index in [1.807, 2.05) is 6.07 Å². The number of benzene rings is 1. The highest BCUT2D eigenvalue weighted by atomic mass is 79.9. The normalized spacial score (nSPS) is 25.7. The van der Waals surface area contributed by atoms with Crippen LogP contribution in [0.15, 0.2) is 35.4 Å². The number of nitrogens with zero attached hydrogens (tertiary/aromatic N) is 1. The largest absolute Gasteiger partial charge is 0.302 e. The lowest BCUT2D eigenvalue weighted by Gasteiger charge is -2.17. The van der Waals surface area contributed by atoms with Crippen LogP contribution in [0.2, 0.25) is 0 Å². The van der Waals surface area contributed by atoms with Gasteiger partial charge in [-0.05, 0) is 12.5 Å². The number of alkyl halides is 1. The second-order valence-electron chi connectivity index (χ2n) is 3.53. The Bertz CT molecular complexity index is 334. The fourth-order valence-corrected chi connectivity index (χ4v) is 2.60. The van der Waals surface area contributed by atoms with Gasteiger partial charge in [0, 0.05) is 17.0 Å². The topological polar surface area (TPSA) is 24.4 Å². The summed E-state index contributed by atoms with van der Waals surface area (Å²) in [5, 5.41) is 5.24. The Morgan fingerprint density at radius 3 is 2.71 bits per heavy atom. The molecule has 0 fully saturated rings. The molecule has 0 aromatic heterocycles. The Morgan fingerprint density at radius 1 is 1.36 bits per heavy atom. The highest BCUT2D eigenvalue weighted by Gasteiger charge is 2.28. The third-order valence-electron chi connectivity index (χ3n) is 2.64. The van der Waals surface area contributed by atoms with Crippen LogP contribution in [0.25, 0.3) is 0 Å². The van der Waals surface area contributed by atoms with E-state index in [1.165, 1.54) is 11.3 Å². The number of halogens is 1. The SMILES string of the molecule is CC1=NNC(c2ccccc2)C1CBr. The van der Waals surface area contributed by atoms with Crippen LogP contribution in [-0.4, -0.2) is 11.0 Å². The van der Waals surface area contributed by atoms with Gasteiger partial charge in [-0.15, -0.1) is 0 Å². The predicted molar refractivity (Wildman–Crippen MR) is 62.7 cm³/mol. The minimum absolute atomic E-state index is 0.329. The van der Waals surface area contributed by atoms with Gasteiger partial charge >= 0.3 is 0 Å². The van der Waals surface area contributed by atoms with Gasteiger partial charge in [-0.3, -0.25) is 0 Å². The van der Waals surface area contributed by atoms with Crippen LogP contribution in [0.1, 0.15) is 18.5 Å². The van der Waals surface area contributed by atoms with Gasteiger partial charge in [0.15, 0.2) is 0 Å². The van der Waals surface area contributed by atoms with Gasteiger partial charge in [0.2, 0.25) is 0 Å². The molecule has 0 bridgehead atoms. The van der Waals surface area contributed by atoms with Gasteiger partial charge < -0.3 is 5.43 Å². The first-order valence-electron chi connectivity index (χ1n) is 4.73. The molecule has 74 valence electrons. The molecule has 1 aromatic rings.